The summed E-state index contributed by atoms with van der Waals surface area (Å²) in [6, 6.07) is 10.4. The molecule has 0 aliphatic rings. The molecule has 3 aromatic rings. The Balaban J connectivity index is 0.000000497. The Morgan fingerprint density at radius 2 is 1.48 bits per heavy atom. The Bertz CT molecular complexity index is 1100. The molecule has 0 radical (unpaired) electrons. The maximum Gasteiger partial charge on any atom is 0.314 e. The average molecular weight is 540 g/mol. The molecule has 180 valence electrons. The van der Waals surface area contributed by atoms with Gasteiger partial charge in [0.15, 0.2) is 0 Å². The summed E-state index contributed by atoms with van der Waals surface area (Å²) >= 11 is 23.6. The fraction of sp³-hybridized carbons (Fsp3) is 0.190. The smallest absolute Gasteiger partial charge is 0.314 e. The number of hydrogen-bond acceptors (Lipinski definition) is 6. The summed E-state index contributed by atoms with van der Waals surface area (Å²) in [7, 11) is 3.10. The van der Waals surface area contributed by atoms with Gasteiger partial charge >= 0.3 is 11.9 Å². The molecule has 1 aromatic heterocycles. The van der Waals surface area contributed by atoms with E-state index in [9.17, 15) is 9.59 Å². The highest BCUT2D eigenvalue weighted by Crippen LogP contribution is 2.35. The van der Waals surface area contributed by atoms with Crippen LogP contribution in [0.4, 0.5) is 5.69 Å². The third-order valence-electron chi connectivity index (χ3n) is 3.54. The number of anilines is 1. The summed E-state index contributed by atoms with van der Waals surface area (Å²) in [6.07, 6.45) is -0.806. The van der Waals surface area contributed by atoms with E-state index in [-0.39, 0.29) is 7.43 Å². The van der Waals surface area contributed by atoms with E-state index in [0.29, 0.717) is 42.9 Å². The number of nitrogens with zero attached hydrogens (tertiary/aromatic N) is 1. The topological polar surface area (TPSA) is 132 Å². The fourth-order valence-corrected chi connectivity index (χ4v) is 3.13. The van der Waals surface area contributed by atoms with Crippen LogP contribution < -0.4 is 15.2 Å². The van der Waals surface area contributed by atoms with Gasteiger partial charge in [-0.25, -0.2) is 4.98 Å². The summed E-state index contributed by atoms with van der Waals surface area (Å²) in [5.41, 5.74) is 6.58. The van der Waals surface area contributed by atoms with Gasteiger partial charge in [0.25, 0.3) is 0 Å². The monoisotopic (exact) mass is 538 g/mol. The van der Waals surface area contributed by atoms with Gasteiger partial charge < -0.3 is 25.4 Å². The van der Waals surface area contributed by atoms with Crippen LogP contribution in [0.2, 0.25) is 20.2 Å². The fourth-order valence-electron chi connectivity index (χ4n) is 2.14. The molecule has 0 amide bonds. The lowest BCUT2D eigenvalue weighted by atomic mass is 10.2. The van der Waals surface area contributed by atoms with Gasteiger partial charge in [-0.2, -0.15) is 0 Å². The highest BCUT2D eigenvalue weighted by Gasteiger charge is 2.10. The number of fused-ring (bicyclic) bond motifs is 1. The van der Waals surface area contributed by atoms with Crippen LogP contribution in [0.25, 0.3) is 10.9 Å². The summed E-state index contributed by atoms with van der Waals surface area (Å²) in [5, 5.41) is 17.9. The number of aliphatic carboxylic acids is 2. The second-order valence-corrected chi connectivity index (χ2v) is 7.28. The van der Waals surface area contributed by atoms with Crippen LogP contribution in [0.1, 0.15) is 13.8 Å². The maximum atomic E-state index is 9.43. The van der Waals surface area contributed by atoms with Gasteiger partial charge in [0.2, 0.25) is 0 Å². The molecule has 0 aliphatic carbocycles. The van der Waals surface area contributed by atoms with Crippen molar-refractivity contribution in [1.29, 1.82) is 0 Å². The van der Waals surface area contributed by atoms with E-state index in [2.05, 4.69) is 4.98 Å². The number of ether oxygens (including phenoxy) is 2. The number of carboxylic acid groups (broad SMARTS) is 2. The molecule has 33 heavy (non-hydrogen) atoms. The second kappa shape index (κ2) is 14.5. The first-order valence-electron chi connectivity index (χ1n) is 8.51. The van der Waals surface area contributed by atoms with Crippen LogP contribution in [-0.2, 0) is 9.59 Å². The largest absolute Gasteiger partial charge is 0.495 e. The molecule has 8 nitrogen and oxygen atoms in total. The first-order valence-corrected chi connectivity index (χ1v) is 10.0. The maximum absolute atomic E-state index is 9.43. The molecular weight excluding hydrogens is 518 g/mol. The molecule has 4 N–H and O–H groups in total. The van der Waals surface area contributed by atoms with Crippen molar-refractivity contribution in [3.05, 3.63) is 56.6 Å². The van der Waals surface area contributed by atoms with Crippen LogP contribution in [0.3, 0.4) is 0 Å². The van der Waals surface area contributed by atoms with Crippen LogP contribution >= 0.6 is 46.4 Å². The van der Waals surface area contributed by atoms with Crippen molar-refractivity contribution in [2.75, 3.05) is 20.0 Å². The Kier molecular flexibility index (Phi) is 13.3. The first-order chi connectivity index (χ1) is 15.0. The van der Waals surface area contributed by atoms with E-state index in [1.807, 2.05) is 0 Å². The van der Waals surface area contributed by atoms with E-state index in [0.717, 1.165) is 5.39 Å². The van der Waals surface area contributed by atoms with Crippen LogP contribution in [0.15, 0.2) is 36.4 Å². The Hall–Kier alpha value is -2.65. The number of nitrogens with two attached hydrogens (primary N) is 1. The van der Waals surface area contributed by atoms with Crippen molar-refractivity contribution in [2.24, 2.45) is 0 Å². The number of methoxy groups -OCH3 is 2. The standard InChI is InChI=1S/C10H6Cl3NO.C7H8ClNO.C3H4O4.CH4/c1-15-7-3-2-5-6(11)4-8(12)14-10(5)9(7)13;1-10-6-4-2-3-5(9)7(6)8;4-2(5)1-3(6)7;/h2-4H,1H3;2-4H,9H2,1H3;1H2,(H,4,5)(H,6,7);1H4. The number of nitrogen functional groups attached to an aromatic ring is 1. The normalized spacial score (nSPS) is 9.39. The lowest BCUT2D eigenvalue weighted by Gasteiger charge is -2.07. The predicted octanol–water partition coefficient (Wildman–Crippen LogP) is 6.32. The van der Waals surface area contributed by atoms with Gasteiger partial charge in [-0.3, -0.25) is 9.59 Å². The Morgan fingerprint density at radius 1 is 0.939 bits per heavy atom. The first kappa shape index (κ1) is 30.4. The molecule has 0 bridgehead atoms. The van der Waals surface area contributed by atoms with Crippen molar-refractivity contribution >= 4 is 74.9 Å². The number of carbonyl (C=O) groups is 2. The molecule has 1 heterocycles. The van der Waals surface area contributed by atoms with Crippen LogP contribution in [0, 0.1) is 0 Å². The summed E-state index contributed by atoms with van der Waals surface area (Å²) < 4.78 is 9.99. The van der Waals surface area contributed by atoms with Gasteiger partial charge in [-0.15, -0.1) is 0 Å². The number of aromatic nitrogens is 1. The molecule has 3 rings (SSSR count). The summed E-state index contributed by atoms with van der Waals surface area (Å²) in [5.74, 6) is -1.46. The van der Waals surface area contributed by atoms with E-state index in [4.69, 9.17) is 71.8 Å². The number of hydrogen-bond donors (Lipinski definition) is 3. The molecule has 0 saturated carbocycles. The third kappa shape index (κ3) is 9.39. The third-order valence-corrected chi connectivity index (χ3v) is 4.81. The minimum Gasteiger partial charge on any atom is -0.495 e. The van der Waals surface area contributed by atoms with Crippen molar-refractivity contribution < 1.29 is 29.3 Å². The zero-order chi connectivity index (χ0) is 24.4. The minimum atomic E-state index is -1.31. The quantitative estimate of drug-likeness (QED) is 0.199. The zero-order valence-corrected chi connectivity index (χ0v) is 19.8. The predicted molar refractivity (Wildman–Crippen MR) is 132 cm³/mol. The van der Waals surface area contributed by atoms with Crippen LogP contribution in [0.5, 0.6) is 11.5 Å². The molecule has 2 aromatic carbocycles. The second-order valence-electron chi connectivity index (χ2n) is 5.73. The number of rotatable bonds is 4. The molecule has 0 atom stereocenters. The molecule has 0 unspecified atom stereocenters. The van der Waals surface area contributed by atoms with Crippen LogP contribution in [-0.4, -0.2) is 41.4 Å². The van der Waals surface area contributed by atoms with Crippen molar-refractivity contribution in [3.8, 4) is 11.5 Å². The number of benzene rings is 2. The van der Waals surface area contributed by atoms with Crippen molar-refractivity contribution in [1.82, 2.24) is 4.98 Å². The van der Waals surface area contributed by atoms with Gasteiger partial charge in [0, 0.05) is 5.39 Å². The number of carboxylic acids is 2. The highest BCUT2D eigenvalue weighted by atomic mass is 35.5. The minimum absolute atomic E-state index is 0. The Morgan fingerprint density at radius 3 is 1.94 bits per heavy atom. The van der Waals surface area contributed by atoms with Gasteiger partial charge in [0.1, 0.15) is 33.1 Å². The van der Waals surface area contributed by atoms with Gasteiger partial charge in [0.05, 0.1) is 30.4 Å². The van der Waals surface area contributed by atoms with Crippen molar-refractivity contribution in [3.63, 3.8) is 0 Å². The summed E-state index contributed by atoms with van der Waals surface area (Å²) in [4.78, 5) is 23.0. The average Bonchev–Trinajstić information content (AvgIpc) is 2.71. The van der Waals surface area contributed by atoms with E-state index < -0.39 is 18.4 Å². The van der Waals surface area contributed by atoms with Crippen molar-refractivity contribution in [2.45, 2.75) is 13.8 Å². The lowest BCUT2D eigenvalue weighted by Crippen LogP contribution is -2.03. The Labute approximate surface area is 210 Å². The molecule has 0 spiro atoms. The van der Waals surface area contributed by atoms with E-state index in [1.54, 1.807) is 50.6 Å². The van der Waals surface area contributed by atoms with E-state index >= 15 is 0 Å². The molecule has 0 saturated heterocycles. The highest BCUT2D eigenvalue weighted by molar-refractivity contribution is 6.41. The van der Waals surface area contributed by atoms with Gasteiger partial charge in [-0.05, 0) is 30.3 Å². The molecule has 12 heteroatoms. The SMILES string of the molecule is C.COc1ccc2c(Cl)cc(Cl)nc2c1Cl.COc1cccc(N)c1Cl.O=C(O)CC(=O)O. The molecular formula is C21H22Cl4N2O6. The lowest BCUT2D eigenvalue weighted by molar-refractivity contribution is -0.147. The zero-order valence-electron chi connectivity index (χ0n) is 16.7. The summed E-state index contributed by atoms with van der Waals surface area (Å²) in [6.45, 7) is 0. The number of pyridine rings is 1. The number of halogens is 4. The molecule has 0 fully saturated rings. The van der Waals surface area contributed by atoms with E-state index in [1.165, 1.54) is 0 Å². The molecule has 0 aliphatic heterocycles. The van der Waals surface area contributed by atoms with Gasteiger partial charge in [-0.1, -0.05) is 59.9 Å².